The first-order chi connectivity index (χ1) is 16.4. The van der Waals surface area contributed by atoms with E-state index in [2.05, 4.69) is 49.1 Å². The third kappa shape index (κ3) is 6.88. The van der Waals surface area contributed by atoms with Gasteiger partial charge in [0.2, 0.25) is 0 Å². The molecule has 1 nitrogen and oxygen atoms in total. The molecule has 1 aromatic carbocycles. The molecule has 2 aliphatic carbocycles. The summed E-state index contributed by atoms with van der Waals surface area (Å²) in [5.41, 5.74) is 2.96. The van der Waals surface area contributed by atoms with Crippen molar-refractivity contribution in [3.63, 3.8) is 0 Å². The number of hydrogen-bond acceptors (Lipinski definition) is 1. The molecular weight excluding hydrogens is 533 g/mol. The van der Waals surface area contributed by atoms with Gasteiger partial charge in [-0.2, -0.15) is 0 Å². The van der Waals surface area contributed by atoms with Crippen LogP contribution in [-0.4, -0.2) is 23.5 Å². The van der Waals surface area contributed by atoms with E-state index in [1.165, 1.54) is 70.2 Å². The van der Waals surface area contributed by atoms with Crippen molar-refractivity contribution in [2.45, 2.75) is 104 Å². The zero-order valence-corrected chi connectivity index (χ0v) is 24.5. The topological polar surface area (TPSA) is 20.2 Å². The van der Waals surface area contributed by atoms with Crippen LogP contribution >= 0.6 is 0 Å². The maximum atomic E-state index is 13.2. The van der Waals surface area contributed by atoms with Gasteiger partial charge in [-0.25, -0.2) is 0 Å². The normalized spacial score (nSPS) is 25.6. The van der Waals surface area contributed by atoms with Gasteiger partial charge in [0.25, 0.3) is 0 Å². The Morgan fingerprint density at radius 3 is 2.06 bits per heavy atom. The second kappa shape index (κ2) is 13.5. The van der Waals surface area contributed by atoms with Crippen molar-refractivity contribution < 1.29 is 13.9 Å². The van der Waals surface area contributed by atoms with Crippen LogP contribution < -0.4 is 0 Å². The summed E-state index contributed by atoms with van der Waals surface area (Å²) in [4.78, 5) is 0. The predicted molar refractivity (Wildman–Crippen MR) is 143 cm³/mol. The van der Waals surface area contributed by atoms with Crippen LogP contribution in [0.25, 0.3) is 0 Å². The monoisotopic (exact) mass is 580 g/mol. The van der Waals surface area contributed by atoms with Crippen LogP contribution in [0.5, 0.6) is 0 Å². The third-order valence-electron chi connectivity index (χ3n) is 8.67. The molecule has 0 aromatic heterocycles. The van der Waals surface area contributed by atoms with E-state index in [0.29, 0.717) is 11.8 Å². The molecule has 2 fully saturated rings. The molecule has 3 rings (SSSR count). The summed E-state index contributed by atoms with van der Waals surface area (Å²) in [7, 11) is 0. The van der Waals surface area contributed by atoms with E-state index in [4.69, 9.17) is 0 Å². The second-order valence-electron chi connectivity index (χ2n) is 11.1. The molecule has 2 saturated carbocycles. The van der Waals surface area contributed by atoms with Gasteiger partial charge in [0.05, 0.1) is 0 Å². The van der Waals surface area contributed by atoms with Gasteiger partial charge in [-0.15, -0.1) is 0 Å². The summed E-state index contributed by atoms with van der Waals surface area (Å²) in [6.45, 7) is 6.98. The van der Waals surface area contributed by atoms with Crippen molar-refractivity contribution in [2.24, 2.45) is 17.8 Å². The standard InChI is InChI=1S/C18H19F2O.3C4H9.Sn/c1-11-7-8-13-9-14(10-15(21)18(19)20)17(16(11)13)12-5-3-2-4-6-12;3*1-3-4-2;/h1-6,13-14,16-17,21H,7-10H2;3*1,3-4H2,2H3;/t13-,14+,16-,17-;;;;/m0..../s1. The van der Waals surface area contributed by atoms with Crippen LogP contribution in [-0.2, 0) is 0 Å². The van der Waals surface area contributed by atoms with Crippen molar-refractivity contribution >= 4 is 18.4 Å². The number of fused-ring (bicyclic) bond motifs is 1. The fraction of sp³-hybridized carbons (Fsp3) is 0.667. The molecular formula is C30H46F2OSn. The average Bonchev–Trinajstić information content (AvgIpc) is 3.39. The van der Waals surface area contributed by atoms with Gasteiger partial charge in [-0.05, 0) is 0 Å². The summed E-state index contributed by atoms with van der Waals surface area (Å²) in [6, 6.07) is 10.6. The summed E-state index contributed by atoms with van der Waals surface area (Å²) >= 11 is -2.45. The van der Waals surface area contributed by atoms with Gasteiger partial charge in [0, 0.05) is 0 Å². The summed E-state index contributed by atoms with van der Waals surface area (Å²) in [6.07, 6.45) is 9.47. The Morgan fingerprint density at radius 1 is 0.941 bits per heavy atom. The molecule has 2 aliphatic rings. The zero-order valence-electron chi connectivity index (χ0n) is 21.7. The zero-order chi connectivity index (χ0) is 24.6. The Balaban J connectivity index is 1.99. The fourth-order valence-electron chi connectivity index (χ4n) is 7.05. The maximum absolute atomic E-state index is 13.2. The van der Waals surface area contributed by atoms with E-state index in [0.717, 1.165) is 6.42 Å². The number of halogens is 2. The number of aliphatic hydroxyl groups is 1. The van der Waals surface area contributed by atoms with Crippen molar-refractivity contribution in [3.8, 4) is 0 Å². The van der Waals surface area contributed by atoms with Crippen molar-refractivity contribution in [3.05, 3.63) is 57.4 Å². The van der Waals surface area contributed by atoms with E-state index in [1.807, 2.05) is 6.07 Å². The predicted octanol–water partition coefficient (Wildman–Crippen LogP) is 10.2. The SMILES string of the molecule is CCC[CH2][Sn]([CH]=C1CC[C@H]2C[C@H](CC(O)=C(F)F)[C@H](c3ccccc3)[C@@H]12)([CH2]CCC)[CH2]CCC. The summed E-state index contributed by atoms with van der Waals surface area (Å²) in [5.74, 6) is 0.690. The Kier molecular flexibility index (Phi) is 11.0. The number of aliphatic hydroxyl groups excluding tert-OH is 1. The molecule has 4 heteroatoms. The molecule has 0 radical (unpaired) electrons. The van der Waals surface area contributed by atoms with Crippen LogP contribution in [0.1, 0.15) is 96.5 Å². The minimum absolute atomic E-state index is 0.0918. The van der Waals surface area contributed by atoms with Gasteiger partial charge in [-0.3, -0.25) is 0 Å². The molecule has 0 heterocycles. The Morgan fingerprint density at radius 2 is 1.53 bits per heavy atom. The molecule has 0 saturated heterocycles. The summed E-state index contributed by atoms with van der Waals surface area (Å²) in [5, 5.41) is 9.98. The van der Waals surface area contributed by atoms with Crippen molar-refractivity contribution in [2.75, 3.05) is 0 Å². The van der Waals surface area contributed by atoms with Crippen molar-refractivity contribution in [1.29, 1.82) is 0 Å². The quantitative estimate of drug-likeness (QED) is 0.182. The molecule has 0 unspecified atom stereocenters. The molecule has 0 bridgehead atoms. The van der Waals surface area contributed by atoms with E-state index in [9.17, 15) is 13.9 Å². The van der Waals surface area contributed by atoms with Crippen LogP contribution in [0.15, 0.2) is 51.8 Å². The third-order valence-corrected chi connectivity index (χ3v) is 23.0. The van der Waals surface area contributed by atoms with E-state index in [-0.39, 0.29) is 18.3 Å². The molecule has 1 aromatic rings. The molecule has 0 spiro atoms. The molecule has 0 aliphatic heterocycles. The van der Waals surface area contributed by atoms with Crippen LogP contribution in [0.3, 0.4) is 0 Å². The molecule has 34 heavy (non-hydrogen) atoms. The number of rotatable bonds is 13. The number of allylic oxidation sites excluding steroid dienone is 2. The first-order valence-electron chi connectivity index (χ1n) is 13.9. The van der Waals surface area contributed by atoms with Crippen LogP contribution in [0, 0.1) is 17.8 Å². The van der Waals surface area contributed by atoms with Gasteiger partial charge in [0.1, 0.15) is 0 Å². The number of hydrogen-bond donors (Lipinski definition) is 1. The Bertz CT molecular complexity index is 793. The van der Waals surface area contributed by atoms with Crippen LogP contribution in [0.4, 0.5) is 8.78 Å². The summed E-state index contributed by atoms with van der Waals surface area (Å²) < 4.78 is 33.7. The Labute approximate surface area is 211 Å². The Hall–Kier alpha value is -0.841. The minimum atomic E-state index is -2.45. The van der Waals surface area contributed by atoms with E-state index in [1.54, 1.807) is 5.57 Å². The van der Waals surface area contributed by atoms with Crippen LogP contribution in [0.2, 0.25) is 13.3 Å². The van der Waals surface area contributed by atoms with Gasteiger partial charge in [0.15, 0.2) is 0 Å². The van der Waals surface area contributed by atoms with Gasteiger partial charge < -0.3 is 0 Å². The molecule has 0 amide bonds. The van der Waals surface area contributed by atoms with Crippen molar-refractivity contribution in [1.82, 2.24) is 0 Å². The van der Waals surface area contributed by atoms with E-state index < -0.39 is 30.2 Å². The van der Waals surface area contributed by atoms with E-state index >= 15 is 0 Å². The number of benzene rings is 1. The first kappa shape index (κ1) is 27.7. The first-order valence-corrected chi connectivity index (χ1v) is 21.6. The van der Waals surface area contributed by atoms with Gasteiger partial charge >= 0.3 is 212 Å². The molecule has 190 valence electrons. The molecule has 1 N–H and O–H groups in total. The molecule has 4 atom stereocenters. The van der Waals surface area contributed by atoms with Gasteiger partial charge in [-0.1, -0.05) is 0 Å². The second-order valence-corrected chi connectivity index (χ2v) is 23.9. The fourth-order valence-corrected chi connectivity index (χ4v) is 22.7. The number of unbranched alkanes of at least 4 members (excludes halogenated alkanes) is 3. The average molecular weight is 579 g/mol.